The molecule has 2 aromatic carbocycles. The molecular formula is C16H15N3O2. The van der Waals surface area contributed by atoms with Crippen molar-refractivity contribution in [3.8, 4) is 6.07 Å². The predicted octanol–water partition coefficient (Wildman–Crippen LogP) is 3.64. The van der Waals surface area contributed by atoms with E-state index in [0.717, 1.165) is 12.0 Å². The summed E-state index contributed by atoms with van der Waals surface area (Å²) in [4.78, 5) is 10.6. The van der Waals surface area contributed by atoms with Crippen LogP contribution in [0.4, 0.5) is 11.4 Å². The Morgan fingerprint density at radius 2 is 1.95 bits per heavy atom. The van der Waals surface area contributed by atoms with E-state index >= 15 is 0 Å². The second-order valence-corrected chi connectivity index (χ2v) is 4.58. The lowest BCUT2D eigenvalue weighted by atomic mass is 10.1. The number of nitriles is 1. The maximum atomic E-state index is 11.1. The van der Waals surface area contributed by atoms with E-state index in [2.05, 4.69) is 12.2 Å². The zero-order valence-corrected chi connectivity index (χ0v) is 11.7. The van der Waals surface area contributed by atoms with E-state index in [0.29, 0.717) is 12.2 Å². The minimum Gasteiger partial charge on any atom is -0.375 e. The molecule has 0 unspecified atom stereocenters. The van der Waals surface area contributed by atoms with Gasteiger partial charge in [-0.25, -0.2) is 0 Å². The average molecular weight is 281 g/mol. The number of nitro benzene ring substituents is 1. The molecule has 0 fully saturated rings. The Bertz CT molecular complexity index is 705. The molecule has 0 amide bonds. The molecule has 0 spiro atoms. The maximum Gasteiger partial charge on any atom is 0.293 e. The van der Waals surface area contributed by atoms with Gasteiger partial charge in [0.25, 0.3) is 5.69 Å². The fraction of sp³-hybridized carbons (Fsp3) is 0.188. The third-order valence-electron chi connectivity index (χ3n) is 3.29. The van der Waals surface area contributed by atoms with Crippen LogP contribution in [0.15, 0.2) is 42.5 Å². The highest BCUT2D eigenvalue weighted by atomic mass is 16.6. The monoisotopic (exact) mass is 281 g/mol. The third-order valence-corrected chi connectivity index (χ3v) is 3.29. The Morgan fingerprint density at radius 3 is 2.57 bits per heavy atom. The maximum absolute atomic E-state index is 11.1. The van der Waals surface area contributed by atoms with E-state index in [9.17, 15) is 10.1 Å². The van der Waals surface area contributed by atoms with Crippen LogP contribution in [0.5, 0.6) is 0 Å². The van der Waals surface area contributed by atoms with Gasteiger partial charge in [0, 0.05) is 12.6 Å². The van der Waals surface area contributed by atoms with Crippen LogP contribution in [-0.2, 0) is 13.0 Å². The number of rotatable bonds is 5. The van der Waals surface area contributed by atoms with Gasteiger partial charge in [0.1, 0.15) is 5.69 Å². The van der Waals surface area contributed by atoms with Gasteiger partial charge in [0.05, 0.1) is 16.6 Å². The number of aryl methyl sites for hydroxylation is 1. The predicted molar refractivity (Wildman–Crippen MR) is 81.0 cm³/mol. The summed E-state index contributed by atoms with van der Waals surface area (Å²) < 4.78 is 0. The van der Waals surface area contributed by atoms with Crippen molar-refractivity contribution in [2.24, 2.45) is 0 Å². The van der Waals surface area contributed by atoms with Crippen LogP contribution in [0.3, 0.4) is 0 Å². The summed E-state index contributed by atoms with van der Waals surface area (Å²) in [5.41, 5.74) is 2.94. The summed E-state index contributed by atoms with van der Waals surface area (Å²) in [6.07, 6.45) is 0.910. The molecule has 0 atom stereocenters. The van der Waals surface area contributed by atoms with Gasteiger partial charge in [0.2, 0.25) is 0 Å². The van der Waals surface area contributed by atoms with Crippen LogP contribution in [0.25, 0.3) is 0 Å². The number of benzene rings is 2. The molecule has 0 radical (unpaired) electrons. The zero-order chi connectivity index (χ0) is 15.2. The molecule has 106 valence electrons. The summed E-state index contributed by atoms with van der Waals surface area (Å²) in [6, 6.07) is 14.3. The summed E-state index contributed by atoms with van der Waals surface area (Å²) in [6.45, 7) is 2.58. The highest BCUT2D eigenvalue weighted by Gasteiger charge is 2.14. The van der Waals surface area contributed by atoms with Crippen molar-refractivity contribution in [2.45, 2.75) is 19.9 Å². The molecule has 5 heteroatoms. The molecule has 0 heterocycles. The van der Waals surface area contributed by atoms with Gasteiger partial charge in [-0.1, -0.05) is 31.2 Å². The van der Waals surface area contributed by atoms with E-state index in [1.807, 2.05) is 30.3 Å². The number of nitro groups is 1. The first-order chi connectivity index (χ1) is 10.2. The van der Waals surface area contributed by atoms with Gasteiger partial charge in [0.15, 0.2) is 0 Å². The number of nitrogens with zero attached hydrogens (tertiary/aromatic N) is 2. The molecular weight excluding hydrogens is 266 g/mol. The van der Waals surface area contributed by atoms with Crippen LogP contribution in [0.2, 0.25) is 0 Å². The Kier molecular flexibility index (Phi) is 4.52. The van der Waals surface area contributed by atoms with Crippen molar-refractivity contribution in [1.82, 2.24) is 0 Å². The SMILES string of the molecule is CCc1ccccc1CNc1ccc(C#N)cc1[N+](=O)[O-]. The quantitative estimate of drug-likeness (QED) is 0.670. The van der Waals surface area contributed by atoms with Crippen molar-refractivity contribution in [3.63, 3.8) is 0 Å². The largest absolute Gasteiger partial charge is 0.375 e. The molecule has 0 saturated carbocycles. The topological polar surface area (TPSA) is 79.0 Å². The summed E-state index contributed by atoms with van der Waals surface area (Å²) in [5.74, 6) is 0. The molecule has 0 saturated heterocycles. The minimum absolute atomic E-state index is 0.0805. The van der Waals surface area contributed by atoms with Gasteiger partial charge in [-0.15, -0.1) is 0 Å². The summed E-state index contributed by atoms with van der Waals surface area (Å²) >= 11 is 0. The lowest BCUT2D eigenvalue weighted by Crippen LogP contribution is -2.05. The number of anilines is 1. The highest BCUT2D eigenvalue weighted by Crippen LogP contribution is 2.26. The lowest BCUT2D eigenvalue weighted by molar-refractivity contribution is -0.384. The van der Waals surface area contributed by atoms with Crippen LogP contribution >= 0.6 is 0 Å². The molecule has 0 aliphatic carbocycles. The van der Waals surface area contributed by atoms with Crippen molar-refractivity contribution < 1.29 is 4.92 Å². The minimum atomic E-state index is -0.477. The molecule has 2 aromatic rings. The van der Waals surface area contributed by atoms with E-state index in [1.165, 1.54) is 11.6 Å². The third kappa shape index (κ3) is 3.37. The van der Waals surface area contributed by atoms with E-state index in [-0.39, 0.29) is 11.3 Å². The van der Waals surface area contributed by atoms with Crippen molar-refractivity contribution in [2.75, 3.05) is 5.32 Å². The normalized spacial score (nSPS) is 9.90. The fourth-order valence-corrected chi connectivity index (χ4v) is 2.17. The van der Waals surface area contributed by atoms with Crippen molar-refractivity contribution >= 4 is 11.4 Å². The van der Waals surface area contributed by atoms with Crippen LogP contribution < -0.4 is 5.32 Å². The molecule has 0 bridgehead atoms. The number of nitrogens with one attached hydrogen (secondary N) is 1. The molecule has 0 aromatic heterocycles. The Hall–Kier alpha value is -2.87. The van der Waals surface area contributed by atoms with Gasteiger partial charge in [-0.05, 0) is 29.7 Å². The van der Waals surface area contributed by atoms with Crippen LogP contribution in [-0.4, -0.2) is 4.92 Å². The van der Waals surface area contributed by atoms with Crippen molar-refractivity contribution in [3.05, 3.63) is 69.3 Å². The zero-order valence-electron chi connectivity index (χ0n) is 11.7. The van der Waals surface area contributed by atoms with E-state index in [4.69, 9.17) is 5.26 Å². The fourth-order valence-electron chi connectivity index (χ4n) is 2.17. The average Bonchev–Trinajstić information content (AvgIpc) is 2.52. The Labute approximate surface area is 123 Å². The van der Waals surface area contributed by atoms with E-state index in [1.54, 1.807) is 12.1 Å². The number of hydrogen-bond donors (Lipinski definition) is 1. The first kappa shape index (κ1) is 14.5. The molecule has 0 aliphatic rings. The Morgan fingerprint density at radius 1 is 1.24 bits per heavy atom. The molecule has 0 aliphatic heterocycles. The van der Waals surface area contributed by atoms with Gasteiger partial charge >= 0.3 is 0 Å². The highest BCUT2D eigenvalue weighted by molar-refractivity contribution is 5.64. The second kappa shape index (κ2) is 6.53. The van der Waals surface area contributed by atoms with Crippen molar-refractivity contribution in [1.29, 1.82) is 5.26 Å². The smallest absolute Gasteiger partial charge is 0.293 e. The standard InChI is InChI=1S/C16H15N3O2/c1-2-13-5-3-4-6-14(13)11-18-15-8-7-12(10-17)9-16(15)19(20)21/h3-9,18H,2,11H2,1H3. The molecule has 5 nitrogen and oxygen atoms in total. The Balaban J connectivity index is 2.24. The lowest BCUT2D eigenvalue weighted by Gasteiger charge is -2.10. The van der Waals surface area contributed by atoms with Crippen LogP contribution in [0, 0.1) is 21.4 Å². The second-order valence-electron chi connectivity index (χ2n) is 4.58. The summed E-state index contributed by atoms with van der Waals surface area (Å²) in [5, 5.41) is 23.0. The molecule has 21 heavy (non-hydrogen) atoms. The number of hydrogen-bond acceptors (Lipinski definition) is 4. The first-order valence-electron chi connectivity index (χ1n) is 6.65. The van der Waals surface area contributed by atoms with Gasteiger partial charge < -0.3 is 5.32 Å². The van der Waals surface area contributed by atoms with E-state index < -0.39 is 4.92 Å². The first-order valence-corrected chi connectivity index (χ1v) is 6.65. The molecule has 2 rings (SSSR count). The van der Waals surface area contributed by atoms with Crippen LogP contribution in [0.1, 0.15) is 23.6 Å². The van der Waals surface area contributed by atoms with Gasteiger partial charge in [-0.3, -0.25) is 10.1 Å². The molecule has 1 N–H and O–H groups in total. The summed E-state index contributed by atoms with van der Waals surface area (Å²) in [7, 11) is 0. The van der Waals surface area contributed by atoms with Gasteiger partial charge in [-0.2, -0.15) is 5.26 Å².